The van der Waals surface area contributed by atoms with Crippen molar-refractivity contribution in [1.82, 2.24) is 14.9 Å². The van der Waals surface area contributed by atoms with Gasteiger partial charge in [-0.15, -0.1) is 0 Å². The van der Waals surface area contributed by atoms with E-state index in [0.29, 0.717) is 17.0 Å². The van der Waals surface area contributed by atoms with Gasteiger partial charge in [-0.25, -0.2) is 4.39 Å². The SMILES string of the molecule is Cc1noc(C)c1-c1cn(C)nc1-c1ccc(O)cc1F. The van der Waals surface area contributed by atoms with Gasteiger partial charge in [0.15, 0.2) is 0 Å². The van der Waals surface area contributed by atoms with E-state index in [1.807, 2.05) is 6.92 Å². The lowest BCUT2D eigenvalue weighted by Gasteiger charge is -2.04. The Labute approximate surface area is 120 Å². The van der Waals surface area contributed by atoms with Crippen molar-refractivity contribution in [3.8, 4) is 28.1 Å². The lowest BCUT2D eigenvalue weighted by molar-refractivity contribution is 0.393. The fraction of sp³-hybridized carbons (Fsp3) is 0.200. The molecule has 0 unspecified atom stereocenters. The quantitative estimate of drug-likeness (QED) is 0.786. The molecule has 0 spiro atoms. The minimum absolute atomic E-state index is 0.119. The summed E-state index contributed by atoms with van der Waals surface area (Å²) < 4.78 is 20.9. The number of nitrogens with zero attached hydrogens (tertiary/aromatic N) is 3. The summed E-state index contributed by atoms with van der Waals surface area (Å²) in [5.41, 5.74) is 3.10. The first kappa shape index (κ1) is 13.4. The molecule has 0 radical (unpaired) electrons. The molecule has 21 heavy (non-hydrogen) atoms. The molecule has 6 heteroatoms. The van der Waals surface area contributed by atoms with Gasteiger partial charge >= 0.3 is 0 Å². The third kappa shape index (κ3) is 2.18. The summed E-state index contributed by atoms with van der Waals surface area (Å²) in [7, 11) is 1.77. The van der Waals surface area contributed by atoms with Crippen LogP contribution in [0, 0.1) is 19.7 Å². The molecule has 3 aromatic rings. The van der Waals surface area contributed by atoms with Gasteiger partial charge in [-0.3, -0.25) is 4.68 Å². The lowest BCUT2D eigenvalue weighted by atomic mass is 10.0. The van der Waals surface area contributed by atoms with Crippen molar-refractivity contribution in [3.63, 3.8) is 0 Å². The maximum atomic E-state index is 14.1. The van der Waals surface area contributed by atoms with Crippen LogP contribution in [0.3, 0.4) is 0 Å². The molecule has 0 bridgehead atoms. The summed E-state index contributed by atoms with van der Waals surface area (Å²) in [6, 6.07) is 4.01. The number of aryl methyl sites for hydroxylation is 3. The number of halogens is 1. The van der Waals surface area contributed by atoms with Crippen LogP contribution >= 0.6 is 0 Å². The maximum Gasteiger partial charge on any atom is 0.141 e. The van der Waals surface area contributed by atoms with Gasteiger partial charge in [-0.1, -0.05) is 5.16 Å². The highest BCUT2D eigenvalue weighted by atomic mass is 19.1. The lowest BCUT2D eigenvalue weighted by Crippen LogP contribution is -1.90. The van der Waals surface area contributed by atoms with Gasteiger partial charge in [0.25, 0.3) is 0 Å². The second kappa shape index (κ2) is 4.73. The third-order valence-corrected chi connectivity index (χ3v) is 3.34. The highest BCUT2D eigenvalue weighted by Gasteiger charge is 2.21. The zero-order valence-electron chi connectivity index (χ0n) is 11.9. The van der Waals surface area contributed by atoms with Crippen molar-refractivity contribution < 1.29 is 14.0 Å². The third-order valence-electron chi connectivity index (χ3n) is 3.34. The van der Waals surface area contributed by atoms with Crippen molar-refractivity contribution in [1.29, 1.82) is 0 Å². The molecule has 0 aliphatic heterocycles. The van der Waals surface area contributed by atoms with Crippen molar-refractivity contribution in [2.24, 2.45) is 7.05 Å². The monoisotopic (exact) mass is 287 g/mol. The predicted octanol–water partition coefficient (Wildman–Crippen LogP) is 3.20. The van der Waals surface area contributed by atoms with Gasteiger partial charge in [0.1, 0.15) is 23.0 Å². The van der Waals surface area contributed by atoms with Crippen LogP contribution in [0.4, 0.5) is 4.39 Å². The number of phenolic OH excluding ortho intramolecular Hbond substituents is 1. The summed E-state index contributed by atoms with van der Waals surface area (Å²) >= 11 is 0. The van der Waals surface area contributed by atoms with Crippen LogP contribution in [0.2, 0.25) is 0 Å². The van der Waals surface area contributed by atoms with E-state index >= 15 is 0 Å². The molecular formula is C15H14FN3O2. The molecule has 2 aromatic heterocycles. The standard InChI is InChI=1S/C15H14FN3O2/c1-8-14(9(2)21-18-8)12-7-19(3)17-15(12)11-5-4-10(20)6-13(11)16/h4-7,20H,1-3H3. The van der Waals surface area contributed by atoms with Crippen molar-refractivity contribution >= 4 is 0 Å². The van der Waals surface area contributed by atoms with Crippen LogP contribution in [-0.2, 0) is 7.05 Å². The highest BCUT2D eigenvalue weighted by molar-refractivity contribution is 5.82. The number of hydrogen-bond acceptors (Lipinski definition) is 4. The molecule has 0 atom stereocenters. The van der Waals surface area contributed by atoms with Crippen LogP contribution in [0.1, 0.15) is 11.5 Å². The second-order valence-electron chi connectivity index (χ2n) is 4.93. The normalized spacial score (nSPS) is 11.0. The van der Waals surface area contributed by atoms with Gasteiger partial charge in [0.05, 0.1) is 11.3 Å². The Kier molecular flexibility index (Phi) is 3.01. The molecule has 0 amide bonds. The molecule has 1 aromatic carbocycles. The van der Waals surface area contributed by atoms with Crippen LogP contribution in [0.5, 0.6) is 5.75 Å². The molecule has 5 nitrogen and oxygen atoms in total. The Bertz CT molecular complexity index is 801. The average molecular weight is 287 g/mol. The summed E-state index contributed by atoms with van der Waals surface area (Å²) in [6.07, 6.45) is 1.80. The Balaban J connectivity index is 2.26. The maximum absolute atomic E-state index is 14.1. The summed E-state index contributed by atoms with van der Waals surface area (Å²) in [4.78, 5) is 0. The molecule has 2 heterocycles. The topological polar surface area (TPSA) is 64.1 Å². The van der Waals surface area contributed by atoms with Gasteiger partial charge in [-0.05, 0) is 26.0 Å². The zero-order valence-corrected chi connectivity index (χ0v) is 11.9. The van der Waals surface area contributed by atoms with Crippen molar-refractivity contribution in [3.05, 3.63) is 41.7 Å². The second-order valence-corrected chi connectivity index (χ2v) is 4.93. The van der Waals surface area contributed by atoms with E-state index in [2.05, 4.69) is 10.3 Å². The molecule has 0 aliphatic rings. The number of benzene rings is 1. The fourth-order valence-corrected chi connectivity index (χ4v) is 2.43. The summed E-state index contributed by atoms with van der Waals surface area (Å²) in [6.45, 7) is 3.63. The van der Waals surface area contributed by atoms with E-state index < -0.39 is 5.82 Å². The first-order valence-electron chi connectivity index (χ1n) is 6.43. The smallest absolute Gasteiger partial charge is 0.141 e. The van der Waals surface area contributed by atoms with E-state index in [1.54, 1.807) is 24.9 Å². The molecule has 0 saturated heterocycles. The molecule has 0 saturated carbocycles. The molecule has 1 N–H and O–H groups in total. The fourth-order valence-electron chi connectivity index (χ4n) is 2.43. The zero-order chi connectivity index (χ0) is 15.1. The van der Waals surface area contributed by atoms with Gasteiger partial charge in [-0.2, -0.15) is 5.10 Å². The van der Waals surface area contributed by atoms with E-state index in [4.69, 9.17) is 4.52 Å². The van der Waals surface area contributed by atoms with Crippen LogP contribution in [0.15, 0.2) is 28.9 Å². The Hall–Kier alpha value is -2.63. The molecule has 108 valence electrons. The number of phenols is 1. The summed E-state index contributed by atoms with van der Waals surface area (Å²) in [5, 5.41) is 17.6. The van der Waals surface area contributed by atoms with Crippen molar-refractivity contribution in [2.45, 2.75) is 13.8 Å². The van der Waals surface area contributed by atoms with E-state index in [9.17, 15) is 9.50 Å². The number of aromatic nitrogens is 3. The predicted molar refractivity (Wildman–Crippen MR) is 75.2 cm³/mol. The van der Waals surface area contributed by atoms with Gasteiger partial charge in [0.2, 0.25) is 0 Å². The van der Waals surface area contributed by atoms with Crippen LogP contribution < -0.4 is 0 Å². The Morgan fingerprint density at radius 2 is 2.00 bits per heavy atom. The van der Waals surface area contributed by atoms with E-state index in [-0.39, 0.29) is 5.75 Å². The largest absolute Gasteiger partial charge is 0.508 e. The van der Waals surface area contributed by atoms with E-state index in [0.717, 1.165) is 22.9 Å². The molecule has 0 aliphatic carbocycles. The molecule has 0 fully saturated rings. The van der Waals surface area contributed by atoms with Crippen LogP contribution in [0.25, 0.3) is 22.4 Å². The Morgan fingerprint density at radius 3 is 2.62 bits per heavy atom. The number of aromatic hydroxyl groups is 1. The average Bonchev–Trinajstić information content (AvgIpc) is 2.93. The number of hydrogen-bond donors (Lipinski definition) is 1. The van der Waals surface area contributed by atoms with Gasteiger partial charge < -0.3 is 9.63 Å². The Morgan fingerprint density at radius 1 is 1.24 bits per heavy atom. The van der Waals surface area contributed by atoms with Gasteiger partial charge in [0, 0.05) is 30.4 Å². The first-order valence-corrected chi connectivity index (χ1v) is 6.43. The highest BCUT2D eigenvalue weighted by Crippen LogP contribution is 2.36. The van der Waals surface area contributed by atoms with Crippen molar-refractivity contribution in [2.75, 3.05) is 0 Å². The molecule has 3 rings (SSSR count). The summed E-state index contributed by atoms with van der Waals surface area (Å²) in [5.74, 6) is 0.00807. The van der Waals surface area contributed by atoms with E-state index in [1.165, 1.54) is 12.1 Å². The van der Waals surface area contributed by atoms with Crippen LogP contribution in [-0.4, -0.2) is 20.0 Å². The minimum atomic E-state index is -0.526. The first-order chi connectivity index (χ1) is 9.97. The number of rotatable bonds is 2. The minimum Gasteiger partial charge on any atom is -0.508 e. The molecular weight excluding hydrogens is 273 g/mol.